The lowest BCUT2D eigenvalue weighted by Crippen LogP contribution is -1.84. The zero-order chi connectivity index (χ0) is 42.3. The fraction of sp³-hybridized carbons (Fsp3) is 0.931. The Hall–Kier alpha value is -0.0900. The molecule has 0 aliphatic heterocycles. The van der Waals surface area contributed by atoms with Gasteiger partial charge in [0.05, 0.1) is 0 Å². The molecule has 1 heteroatoms. The van der Waals surface area contributed by atoms with E-state index in [2.05, 4.69) is 37.6 Å². The molecular formula is C58H115P. The highest BCUT2D eigenvalue weighted by atomic mass is 31.1. The van der Waals surface area contributed by atoms with E-state index in [-0.39, 0.29) is 0 Å². The summed E-state index contributed by atoms with van der Waals surface area (Å²) in [5.41, 5.74) is 0. The number of hydrogen-bond acceptors (Lipinski definition) is 0. The Morgan fingerprint density at radius 3 is 0.475 bits per heavy atom. The van der Waals surface area contributed by atoms with Crippen LogP contribution in [0.25, 0.3) is 0 Å². The molecule has 0 aromatic rings. The Morgan fingerprint density at radius 1 is 0.186 bits per heavy atom. The highest BCUT2D eigenvalue weighted by Crippen LogP contribution is 2.20. The summed E-state index contributed by atoms with van der Waals surface area (Å²) in [6.07, 6.45) is 81.0. The number of unbranched alkanes of at least 4 members (excludes halogenated alkanes) is 50. The summed E-state index contributed by atoms with van der Waals surface area (Å²) in [7, 11) is 0.891. The van der Waals surface area contributed by atoms with Crippen LogP contribution in [-0.4, -0.2) is 0 Å². The molecule has 0 heterocycles. The average molecular weight is 844 g/mol. The van der Waals surface area contributed by atoms with Crippen LogP contribution in [0.1, 0.15) is 348 Å². The first-order valence-corrected chi connectivity index (χ1v) is 29.6. The zero-order valence-corrected chi connectivity index (χ0v) is 42.6. The molecule has 0 aliphatic carbocycles. The summed E-state index contributed by atoms with van der Waals surface area (Å²) in [6.45, 7) is 4.62. The van der Waals surface area contributed by atoms with Crippen molar-refractivity contribution in [3.05, 3.63) is 23.8 Å². The molecule has 0 aromatic carbocycles. The second kappa shape index (κ2) is 57.9. The van der Waals surface area contributed by atoms with Crippen molar-refractivity contribution in [2.45, 2.75) is 348 Å². The molecule has 0 radical (unpaired) electrons. The Labute approximate surface area is 378 Å². The van der Waals surface area contributed by atoms with Crippen molar-refractivity contribution in [2.24, 2.45) is 0 Å². The van der Waals surface area contributed by atoms with Crippen molar-refractivity contribution in [1.29, 1.82) is 0 Å². The normalized spacial score (nSPS) is 12.0. The van der Waals surface area contributed by atoms with Gasteiger partial charge in [-0.05, 0) is 25.7 Å². The standard InChI is InChI=1S/C58H115P/c1-3-5-7-9-11-13-15-17-19-21-23-25-27-29-31-33-35-37-39-41-43-45-47-49-51-53-55-57-59-58-56-54-52-50-48-46-44-42-40-38-36-34-32-30-28-26-24-22-20-18-16-14-12-10-8-6-4-2/h55-59H,3-54H2,1-2H3/b57-55+,58-56+. The van der Waals surface area contributed by atoms with Crippen molar-refractivity contribution in [3.63, 3.8) is 0 Å². The fourth-order valence-corrected chi connectivity index (χ4v) is 9.88. The summed E-state index contributed by atoms with van der Waals surface area (Å²) in [4.78, 5) is 0. The minimum absolute atomic E-state index is 0.891. The van der Waals surface area contributed by atoms with E-state index in [1.807, 2.05) is 0 Å². The molecule has 0 bridgehead atoms. The SMILES string of the molecule is CCCCCCCCCCCCCCCCCCCCCCCCCCC/C=C/P/C=C/CCCCCCCCCCCCCCCCCCCCCCCCCCC. The molecular weight excluding hydrogens is 728 g/mol. The van der Waals surface area contributed by atoms with Crippen LogP contribution in [0.2, 0.25) is 0 Å². The Balaban J connectivity index is 3.14. The third kappa shape index (κ3) is 57.9. The summed E-state index contributed by atoms with van der Waals surface area (Å²) >= 11 is 0. The molecule has 0 spiro atoms. The molecule has 59 heavy (non-hydrogen) atoms. The van der Waals surface area contributed by atoms with Gasteiger partial charge in [0.25, 0.3) is 0 Å². The van der Waals surface area contributed by atoms with Crippen molar-refractivity contribution in [3.8, 4) is 0 Å². The highest BCUT2D eigenvalue weighted by molar-refractivity contribution is 7.45. The van der Waals surface area contributed by atoms with Gasteiger partial charge in [-0.2, -0.15) is 0 Å². The predicted octanol–water partition coefficient (Wildman–Crippen LogP) is 23.0. The fourth-order valence-electron chi connectivity index (χ4n) is 9.16. The molecule has 0 fully saturated rings. The molecule has 0 amide bonds. The summed E-state index contributed by atoms with van der Waals surface area (Å²) in [5.74, 6) is 4.85. The largest absolute Gasteiger partial charge is 0.0840 e. The first-order valence-electron chi connectivity index (χ1n) is 28.5. The topological polar surface area (TPSA) is 0 Å². The monoisotopic (exact) mass is 843 g/mol. The molecule has 0 N–H and O–H groups in total. The first kappa shape index (κ1) is 58.9. The molecule has 352 valence electrons. The second-order valence-electron chi connectivity index (χ2n) is 19.5. The van der Waals surface area contributed by atoms with Gasteiger partial charge in [-0.1, -0.05) is 354 Å². The molecule has 0 saturated heterocycles. The van der Waals surface area contributed by atoms with Crippen molar-refractivity contribution in [2.75, 3.05) is 0 Å². The zero-order valence-electron chi connectivity index (χ0n) is 41.6. The van der Waals surface area contributed by atoms with Crippen LogP contribution in [0.4, 0.5) is 0 Å². The molecule has 0 unspecified atom stereocenters. The van der Waals surface area contributed by atoms with Gasteiger partial charge in [0, 0.05) is 0 Å². The average Bonchev–Trinajstić information content (AvgIpc) is 3.25. The van der Waals surface area contributed by atoms with E-state index in [1.54, 1.807) is 0 Å². The van der Waals surface area contributed by atoms with E-state index in [0.29, 0.717) is 0 Å². The predicted molar refractivity (Wildman–Crippen MR) is 278 cm³/mol. The van der Waals surface area contributed by atoms with Crippen LogP contribution in [0.3, 0.4) is 0 Å². The van der Waals surface area contributed by atoms with Gasteiger partial charge in [0.15, 0.2) is 0 Å². The third-order valence-corrected chi connectivity index (χ3v) is 14.2. The van der Waals surface area contributed by atoms with E-state index >= 15 is 0 Å². The van der Waals surface area contributed by atoms with E-state index in [1.165, 1.54) is 334 Å². The van der Waals surface area contributed by atoms with Crippen LogP contribution >= 0.6 is 8.58 Å². The smallest absolute Gasteiger partial charge is 0.0347 e. The molecule has 0 aliphatic rings. The van der Waals surface area contributed by atoms with Crippen LogP contribution in [0, 0.1) is 0 Å². The number of allylic oxidation sites excluding steroid dienone is 2. The molecule has 0 atom stereocenters. The van der Waals surface area contributed by atoms with Gasteiger partial charge in [-0.25, -0.2) is 0 Å². The van der Waals surface area contributed by atoms with Gasteiger partial charge >= 0.3 is 0 Å². The maximum absolute atomic E-state index is 2.45. The summed E-state index contributed by atoms with van der Waals surface area (Å²) in [6, 6.07) is 0. The molecule has 0 saturated carbocycles. The Bertz CT molecular complexity index is 690. The van der Waals surface area contributed by atoms with E-state index in [9.17, 15) is 0 Å². The van der Waals surface area contributed by atoms with Crippen LogP contribution in [0.5, 0.6) is 0 Å². The lowest BCUT2D eigenvalue weighted by atomic mass is 10.0. The molecule has 0 rings (SSSR count). The highest BCUT2D eigenvalue weighted by Gasteiger charge is 1.98. The second-order valence-corrected chi connectivity index (χ2v) is 20.5. The number of rotatable bonds is 54. The Kier molecular flexibility index (Phi) is 57.8. The van der Waals surface area contributed by atoms with Crippen molar-refractivity contribution < 1.29 is 0 Å². The van der Waals surface area contributed by atoms with Crippen molar-refractivity contribution >= 4 is 8.58 Å². The molecule has 0 nitrogen and oxygen atoms in total. The van der Waals surface area contributed by atoms with E-state index in [0.717, 1.165) is 8.58 Å². The van der Waals surface area contributed by atoms with Gasteiger partial charge < -0.3 is 0 Å². The maximum Gasteiger partial charge on any atom is -0.0347 e. The lowest BCUT2D eigenvalue weighted by Gasteiger charge is -2.04. The van der Waals surface area contributed by atoms with Crippen LogP contribution in [-0.2, 0) is 0 Å². The van der Waals surface area contributed by atoms with Crippen molar-refractivity contribution in [1.82, 2.24) is 0 Å². The maximum atomic E-state index is 2.45. The van der Waals surface area contributed by atoms with Gasteiger partial charge in [0.2, 0.25) is 0 Å². The summed E-state index contributed by atoms with van der Waals surface area (Å²) < 4.78 is 0. The minimum Gasteiger partial charge on any atom is -0.0840 e. The molecule has 0 aromatic heterocycles. The van der Waals surface area contributed by atoms with Gasteiger partial charge in [-0.3, -0.25) is 0 Å². The summed E-state index contributed by atoms with van der Waals surface area (Å²) in [5, 5.41) is 0. The minimum atomic E-state index is 0.891. The first-order chi connectivity index (χ1) is 29.4. The van der Waals surface area contributed by atoms with Crippen LogP contribution < -0.4 is 0 Å². The van der Waals surface area contributed by atoms with Gasteiger partial charge in [-0.15, -0.1) is 0 Å². The quantitative estimate of drug-likeness (QED) is 0.0423. The number of hydrogen-bond donors (Lipinski definition) is 0. The lowest BCUT2D eigenvalue weighted by molar-refractivity contribution is 0.516. The van der Waals surface area contributed by atoms with E-state index < -0.39 is 0 Å². The Morgan fingerprint density at radius 2 is 0.322 bits per heavy atom. The van der Waals surface area contributed by atoms with Crippen LogP contribution in [0.15, 0.2) is 23.8 Å². The third-order valence-electron chi connectivity index (χ3n) is 13.4. The van der Waals surface area contributed by atoms with E-state index in [4.69, 9.17) is 0 Å². The van der Waals surface area contributed by atoms with Gasteiger partial charge in [0.1, 0.15) is 0 Å².